The van der Waals surface area contributed by atoms with Crippen LogP contribution in [0.5, 0.6) is 0 Å². The second-order valence-electron chi connectivity index (χ2n) is 7.85. The molecular formula is C21H34N4O2S. The van der Waals surface area contributed by atoms with Gasteiger partial charge in [0.25, 0.3) is 0 Å². The van der Waals surface area contributed by atoms with Crippen LogP contribution in [0.25, 0.3) is 0 Å². The number of benzene rings is 1. The predicted octanol–water partition coefficient (Wildman–Crippen LogP) is 1.64. The maximum Gasteiger partial charge on any atom is 0.193 e. The van der Waals surface area contributed by atoms with E-state index in [9.17, 15) is 8.42 Å². The number of sulfone groups is 1. The molecule has 1 N–H and O–H groups in total. The van der Waals surface area contributed by atoms with E-state index >= 15 is 0 Å². The molecule has 2 fully saturated rings. The molecule has 0 aromatic heterocycles. The Kier molecular flexibility index (Phi) is 7.73. The molecule has 28 heavy (non-hydrogen) atoms. The summed E-state index contributed by atoms with van der Waals surface area (Å²) in [5, 5.41) is 3.43. The minimum atomic E-state index is -2.81. The monoisotopic (exact) mass is 406 g/mol. The number of likely N-dealkylation sites (tertiary alicyclic amines) is 1. The highest BCUT2D eigenvalue weighted by atomic mass is 32.2. The lowest BCUT2D eigenvalue weighted by molar-refractivity contribution is 0.258. The maximum atomic E-state index is 11.5. The molecule has 0 saturated carbocycles. The van der Waals surface area contributed by atoms with Gasteiger partial charge in [0.1, 0.15) is 0 Å². The van der Waals surface area contributed by atoms with Crippen LogP contribution in [0.4, 0.5) is 0 Å². The van der Waals surface area contributed by atoms with Gasteiger partial charge in [-0.05, 0) is 37.7 Å². The molecule has 0 aliphatic carbocycles. The van der Waals surface area contributed by atoms with Crippen molar-refractivity contribution < 1.29 is 8.42 Å². The minimum Gasteiger partial charge on any atom is -0.357 e. The Labute approximate surface area is 169 Å². The first kappa shape index (κ1) is 21.1. The molecule has 2 heterocycles. The summed E-state index contributed by atoms with van der Waals surface area (Å²) in [4.78, 5) is 9.41. The fourth-order valence-corrected chi connectivity index (χ4v) is 5.27. The molecule has 1 aromatic rings. The number of hydrogen-bond donors (Lipinski definition) is 1. The molecular weight excluding hydrogens is 372 g/mol. The van der Waals surface area contributed by atoms with E-state index in [1.165, 1.54) is 24.8 Å². The molecule has 156 valence electrons. The van der Waals surface area contributed by atoms with Crippen molar-refractivity contribution in [1.29, 1.82) is 0 Å². The van der Waals surface area contributed by atoms with Gasteiger partial charge in [-0.2, -0.15) is 0 Å². The van der Waals surface area contributed by atoms with Crippen molar-refractivity contribution in [2.24, 2.45) is 10.9 Å². The summed E-state index contributed by atoms with van der Waals surface area (Å²) >= 11 is 0. The van der Waals surface area contributed by atoms with Gasteiger partial charge in [0, 0.05) is 39.3 Å². The first-order valence-corrected chi connectivity index (χ1v) is 12.4. The fourth-order valence-electron chi connectivity index (χ4n) is 3.99. The number of rotatable bonds is 6. The highest BCUT2D eigenvalue weighted by Gasteiger charge is 2.23. The molecule has 7 heteroatoms. The van der Waals surface area contributed by atoms with Crippen molar-refractivity contribution >= 4 is 15.8 Å². The summed E-state index contributed by atoms with van der Waals surface area (Å²) in [5.41, 5.74) is 1.44. The standard InChI is InChI=1S/C21H34N4O2S/c1-2-22-21(23-10-13-24-14-16-28(26,27)17-15-24)25-11-8-20(9-12-25)18-19-6-4-3-5-7-19/h3-7,20H,2,8-18H2,1H3,(H,22,23). The summed E-state index contributed by atoms with van der Waals surface area (Å²) in [6, 6.07) is 10.8. The van der Waals surface area contributed by atoms with Crippen LogP contribution in [0, 0.1) is 5.92 Å². The number of nitrogens with one attached hydrogen (secondary N) is 1. The van der Waals surface area contributed by atoms with Gasteiger partial charge < -0.3 is 10.2 Å². The van der Waals surface area contributed by atoms with E-state index in [4.69, 9.17) is 4.99 Å². The Hall–Kier alpha value is -1.60. The average molecular weight is 407 g/mol. The van der Waals surface area contributed by atoms with Crippen LogP contribution in [0.3, 0.4) is 0 Å². The van der Waals surface area contributed by atoms with E-state index in [0.717, 1.165) is 38.1 Å². The molecule has 0 unspecified atom stereocenters. The lowest BCUT2D eigenvalue weighted by Gasteiger charge is -2.34. The molecule has 3 rings (SSSR count). The summed E-state index contributed by atoms with van der Waals surface area (Å²) in [5.74, 6) is 2.32. The summed E-state index contributed by atoms with van der Waals surface area (Å²) < 4.78 is 23.1. The number of guanidine groups is 1. The molecule has 0 radical (unpaired) electrons. The van der Waals surface area contributed by atoms with Crippen LogP contribution in [0.1, 0.15) is 25.3 Å². The Balaban J connectivity index is 1.45. The fraction of sp³-hybridized carbons (Fsp3) is 0.667. The van der Waals surface area contributed by atoms with Crippen molar-refractivity contribution in [2.45, 2.75) is 26.2 Å². The Morgan fingerprint density at radius 3 is 2.43 bits per heavy atom. The maximum absolute atomic E-state index is 11.5. The third kappa shape index (κ3) is 6.48. The van der Waals surface area contributed by atoms with Crippen molar-refractivity contribution in [3.63, 3.8) is 0 Å². The predicted molar refractivity (Wildman–Crippen MR) is 116 cm³/mol. The van der Waals surface area contributed by atoms with Gasteiger partial charge in [0.05, 0.1) is 18.1 Å². The third-order valence-corrected chi connectivity index (χ3v) is 7.34. The first-order valence-electron chi connectivity index (χ1n) is 10.6. The molecule has 2 aliphatic rings. The van der Waals surface area contributed by atoms with Crippen molar-refractivity contribution in [2.75, 3.05) is 57.3 Å². The van der Waals surface area contributed by atoms with Crippen LogP contribution in [-0.4, -0.2) is 81.5 Å². The number of piperidine rings is 1. The van der Waals surface area contributed by atoms with Crippen LogP contribution < -0.4 is 5.32 Å². The van der Waals surface area contributed by atoms with Crippen molar-refractivity contribution in [1.82, 2.24) is 15.1 Å². The highest BCUT2D eigenvalue weighted by Crippen LogP contribution is 2.21. The molecule has 1 aromatic carbocycles. The summed E-state index contributed by atoms with van der Waals surface area (Å²) in [6.07, 6.45) is 3.56. The van der Waals surface area contributed by atoms with E-state index in [0.29, 0.717) is 19.6 Å². The van der Waals surface area contributed by atoms with E-state index in [1.54, 1.807) is 0 Å². The zero-order valence-electron chi connectivity index (χ0n) is 17.0. The molecule has 2 saturated heterocycles. The third-order valence-electron chi connectivity index (χ3n) is 5.73. The number of nitrogens with zero attached hydrogens (tertiary/aromatic N) is 3. The van der Waals surface area contributed by atoms with Crippen LogP contribution in [-0.2, 0) is 16.3 Å². The van der Waals surface area contributed by atoms with Gasteiger partial charge in [0.2, 0.25) is 0 Å². The number of aliphatic imine (C=N–C) groups is 1. The van der Waals surface area contributed by atoms with E-state index in [1.807, 2.05) is 0 Å². The molecule has 0 atom stereocenters. The smallest absolute Gasteiger partial charge is 0.193 e. The number of hydrogen-bond acceptors (Lipinski definition) is 4. The van der Waals surface area contributed by atoms with Crippen molar-refractivity contribution in [3.8, 4) is 0 Å². The Bertz CT molecular complexity index is 714. The van der Waals surface area contributed by atoms with Gasteiger partial charge in [-0.1, -0.05) is 30.3 Å². The quantitative estimate of drug-likeness (QED) is 0.575. The topological polar surface area (TPSA) is 65.0 Å². The molecule has 0 bridgehead atoms. The average Bonchev–Trinajstić information content (AvgIpc) is 2.70. The van der Waals surface area contributed by atoms with Crippen molar-refractivity contribution in [3.05, 3.63) is 35.9 Å². The minimum absolute atomic E-state index is 0.283. The zero-order valence-corrected chi connectivity index (χ0v) is 17.8. The largest absolute Gasteiger partial charge is 0.357 e. The zero-order chi connectivity index (χ0) is 19.8. The first-order chi connectivity index (χ1) is 13.6. The van der Waals surface area contributed by atoms with Crippen LogP contribution in [0.15, 0.2) is 35.3 Å². The van der Waals surface area contributed by atoms with Gasteiger partial charge in [-0.3, -0.25) is 9.89 Å². The molecule has 0 amide bonds. The highest BCUT2D eigenvalue weighted by molar-refractivity contribution is 7.91. The lowest BCUT2D eigenvalue weighted by Crippen LogP contribution is -2.46. The SMILES string of the molecule is CCNC(=NCCN1CCS(=O)(=O)CC1)N1CCC(Cc2ccccc2)CC1. The van der Waals surface area contributed by atoms with E-state index in [2.05, 4.69) is 52.4 Å². The van der Waals surface area contributed by atoms with Crippen LogP contribution >= 0.6 is 0 Å². The second-order valence-corrected chi connectivity index (χ2v) is 10.2. The van der Waals surface area contributed by atoms with Gasteiger partial charge in [0.15, 0.2) is 15.8 Å². The molecule has 2 aliphatic heterocycles. The summed E-state index contributed by atoms with van der Waals surface area (Å²) in [6.45, 7) is 7.88. The van der Waals surface area contributed by atoms with E-state index < -0.39 is 9.84 Å². The Morgan fingerprint density at radius 2 is 1.79 bits per heavy atom. The Morgan fingerprint density at radius 1 is 1.11 bits per heavy atom. The molecule has 6 nitrogen and oxygen atoms in total. The molecule has 0 spiro atoms. The second kappa shape index (κ2) is 10.3. The normalized spacial score (nSPS) is 21.6. The summed E-state index contributed by atoms with van der Waals surface area (Å²) in [7, 11) is -2.81. The van der Waals surface area contributed by atoms with Gasteiger partial charge >= 0.3 is 0 Å². The van der Waals surface area contributed by atoms with Gasteiger partial charge in [-0.15, -0.1) is 0 Å². The van der Waals surface area contributed by atoms with E-state index in [-0.39, 0.29) is 11.5 Å². The lowest BCUT2D eigenvalue weighted by atomic mass is 9.90. The van der Waals surface area contributed by atoms with Crippen LogP contribution in [0.2, 0.25) is 0 Å². The van der Waals surface area contributed by atoms with Gasteiger partial charge in [-0.25, -0.2) is 8.42 Å².